The molecule has 1 aliphatic carbocycles. The molecule has 0 bridgehead atoms. The molecular weight excluding hydrogens is 196 g/mol. The third kappa shape index (κ3) is 2.65. The molecule has 0 spiro atoms. The number of aliphatic hydroxyl groups is 1. The molecule has 1 aliphatic rings. The van der Waals surface area contributed by atoms with Crippen LogP contribution in [0.5, 0.6) is 0 Å². The van der Waals surface area contributed by atoms with Crippen LogP contribution >= 0.6 is 0 Å². The zero-order valence-electron chi connectivity index (χ0n) is 10.3. The Balaban J connectivity index is 2.02. The van der Waals surface area contributed by atoms with Crippen molar-refractivity contribution in [2.45, 2.75) is 45.6 Å². The summed E-state index contributed by atoms with van der Waals surface area (Å²) in [4.78, 5) is 0. The van der Waals surface area contributed by atoms with Crippen molar-refractivity contribution in [1.29, 1.82) is 0 Å². The molecule has 0 amide bonds. The summed E-state index contributed by atoms with van der Waals surface area (Å²) < 4.78 is 0. The van der Waals surface area contributed by atoms with Crippen LogP contribution in [0.3, 0.4) is 0 Å². The maximum Gasteiger partial charge on any atom is 0.0574 e. The fourth-order valence-electron chi connectivity index (χ4n) is 2.73. The summed E-state index contributed by atoms with van der Waals surface area (Å²) in [5.74, 6) is 1.06. The van der Waals surface area contributed by atoms with E-state index >= 15 is 0 Å². The summed E-state index contributed by atoms with van der Waals surface area (Å²) >= 11 is 0. The highest BCUT2D eigenvalue weighted by atomic mass is 16.3. The fraction of sp³-hybridized carbons (Fsp3) is 0.600. The number of fused-ring (bicyclic) bond motifs is 1. The average molecular weight is 218 g/mol. The average Bonchev–Trinajstić information content (AvgIpc) is 2.27. The lowest BCUT2D eigenvalue weighted by molar-refractivity contribution is 0.0790. The van der Waals surface area contributed by atoms with Crippen molar-refractivity contribution < 1.29 is 5.11 Å². The minimum Gasteiger partial charge on any atom is -0.393 e. The summed E-state index contributed by atoms with van der Waals surface area (Å²) in [7, 11) is 0. The van der Waals surface area contributed by atoms with Gasteiger partial charge in [-0.25, -0.2) is 0 Å². The topological polar surface area (TPSA) is 20.2 Å². The van der Waals surface area contributed by atoms with Gasteiger partial charge in [-0.05, 0) is 48.6 Å². The predicted molar refractivity (Wildman–Crippen MR) is 67.4 cm³/mol. The largest absolute Gasteiger partial charge is 0.393 e. The van der Waals surface area contributed by atoms with E-state index in [1.807, 2.05) is 0 Å². The maximum atomic E-state index is 10.2. The first-order valence-corrected chi connectivity index (χ1v) is 6.41. The molecule has 1 aromatic carbocycles. The Hall–Kier alpha value is -0.820. The lowest BCUT2D eigenvalue weighted by Crippen LogP contribution is -2.27. The maximum absolute atomic E-state index is 10.2. The molecule has 16 heavy (non-hydrogen) atoms. The van der Waals surface area contributed by atoms with Crippen LogP contribution in [0.2, 0.25) is 0 Å². The molecule has 1 nitrogen and oxygen atoms in total. The van der Waals surface area contributed by atoms with Gasteiger partial charge in [0.05, 0.1) is 6.10 Å². The third-order valence-electron chi connectivity index (χ3n) is 3.64. The summed E-state index contributed by atoms with van der Waals surface area (Å²) in [5, 5.41) is 10.2. The molecule has 1 N–H and O–H groups in total. The Labute approximate surface area is 98.5 Å². The van der Waals surface area contributed by atoms with Crippen LogP contribution in [-0.2, 0) is 12.8 Å². The molecule has 2 atom stereocenters. The SMILES string of the molecule is CC(C)CC(O)C1CCc2ccccc2C1. The van der Waals surface area contributed by atoms with E-state index < -0.39 is 0 Å². The Morgan fingerprint density at radius 1 is 1.25 bits per heavy atom. The molecular formula is C15H22O. The van der Waals surface area contributed by atoms with Gasteiger partial charge in [0.2, 0.25) is 0 Å². The van der Waals surface area contributed by atoms with Crippen molar-refractivity contribution in [1.82, 2.24) is 0 Å². The van der Waals surface area contributed by atoms with Gasteiger partial charge in [0, 0.05) is 0 Å². The van der Waals surface area contributed by atoms with Gasteiger partial charge in [-0.1, -0.05) is 38.1 Å². The Bertz CT molecular complexity index is 343. The van der Waals surface area contributed by atoms with Gasteiger partial charge in [-0.3, -0.25) is 0 Å². The summed E-state index contributed by atoms with van der Waals surface area (Å²) in [6.07, 6.45) is 4.16. The number of rotatable bonds is 3. The zero-order valence-corrected chi connectivity index (χ0v) is 10.3. The fourth-order valence-corrected chi connectivity index (χ4v) is 2.73. The number of benzene rings is 1. The monoisotopic (exact) mass is 218 g/mol. The van der Waals surface area contributed by atoms with Crippen molar-refractivity contribution in [2.75, 3.05) is 0 Å². The highest BCUT2D eigenvalue weighted by molar-refractivity contribution is 5.29. The van der Waals surface area contributed by atoms with Crippen molar-refractivity contribution in [3.8, 4) is 0 Å². The van der Waals surface area contributed by atoms with E-state index in [2.05, 4.69) is 38.1 Å². The lowest BCUT2D eigenvalue weighted by Gasteiger charge is -2.29. The summed E-state index contributed by atoms with van der Waals surface area (Å²) in [6.45, 7) is 4.36. The molecule has 0 aromatic heterocycles. The molecule has 0 fully saturated rings. The highest BCUT2D eigenvalue weighted by Gasteiger charge is 2.24. The van der Waals surface area contributed by atoms with Gasteiger partial charge in [-0.2, -0.15) is 0 Å². The number of hydrogen-bond acceptors (Lipinski definition) is 1. The second-order valence-corrected chi connectivity index (χ2v) is 5.47. The third-order valence-corrected chi connectivity index (χ3v) is 3.64. The summed E-state index contributed by atoms with van der Waals surface area (Å²) in [6, 6.07) is 8.66. The van der Waals surface area contributed by atoms with Crippen LogP contribution in [-0.4, -0.2) is 11.2 Å². The van der Waals surface area contributed by atoms with E-state index in [0.717, 1.165) is 25.7 Å². The molecule has 1 heteroatoms. The van der Waals surface area contributed by atoms with E-state index in [4.69, 9.17) is 0 Å². The smallest absolute Gasteiger partial charge is 0.0574 e. The number of aryl methyl sites for hydroxylation is 1. The van der Waals surface area contributed by atoms with Crippen LogP contribution in [0.4, 0.5) is 0 Å². The van der Waals surface area contributed by atoms with Crippen LogP contribution < -0.4 is 0 Å². The second-order valence-electron chi connectivity index (χ2n) is 5.47. The van der Waals surface area contributed by atoms with E-state index in [9.17, 15) is 5.11 Å². The predicted octanol–water partition coefficient (Wildman–Crippen LogP) is 3.20. The first kappa shape index (κ1) is 11.7. The molecule has 0 aliphatic heterocycles. The molecule has 0 saturated carbocycles. The van der Waals surface area contributed by atoms with Gasteiger partial charge < -0.3 is 5.11 Å². The van der Waals surface area contributed by atoms with E-state index in [1.54, 1.807) is 0 Å². The van der Waals surface area contributed by atoms with Gasteiger partial charge in [0.25, 0.3) is 0 Å². The normalized spacial score (nSPS) is 21.9. The first-order valence-electron chi connectivity index (χ1n) is 6.41. The highest BCUT2D eigenvalue weighted by Crippen LogP contribution is 2.29. The molecule has 0 saturated heterocycles. The minimum atomic E-state index is -0.117. The first-order chi connectivity index (χ1) is 7.66. The van der Waals surface area contributed by atoms with E-state index in [-0.39, 0.29) is 6.10 Å². The molecule has 0 radical (unpaired) electrons. The Morgan fingerprint density at radius 2 is 1.94 bits per heavy atom. The molecule has 2 unspecified atom stereocenters. The zero-order chi connectivity index (χ0) is 11.5. The van der Waals surface area contributed by atoms with Gasteiger partial charge in [0.15, 0.2) is 0 Å². The van der Waals surface area contributed by atoms with Crippen LogP contribution in [0.15, 0.2) is 24.3 Å². The van der Waals surface area contributed by atoms with Gasteiger partial charge in [-0.15, -0.1) is 0 Å². The van der Waals surface area contributed by atoms with Crippen molar-refractivity contribution in [3.63, 3.8) is 0 Å². The standard InChI is InChI=1S/C15H22O/c1-11(2)9-15(16)14-8-7-12-5-3-4-6-13(12)10-14/h3-6,11,14-16H,7-10H2,1-2H3. The van der Waals surface area contributed by atoms with Crippen LogP contribution in [0.1, 0.15) is 37.8 Å². The van der Waals surface area contributed by atoms with Gasteiger partial charge >= 0.3 is 0 Å². The van der Waals surface area contributed by atoms with Crippen molar-refractivity contribution in [2.24, 2.45) is 11.8 Å². The Morgan fingerprint density at radius 3 is 2.62 bits per heavy atom. The van der Waals surface area contributed by atoms with Crippen molar-refractivity contribution in [3.05, 3.63) is 35.4 Å². The molecule has 1 aromatic rings. The summed E-state index contributed by atoms with van der Waals surface area (Å²) in [5.41, 5.74) is 2.93. The molecule has 0 heterocycles. The quantitative estimate of drug-likeness (QED) is 0.826. The Kier molecular flexibility index (Phi) is 3.65. The molecule has 88 valence electrons. The second kappa shape index (κ2) is 5.01. The van der Waals surface area contributed by atoms with E-state index in [1.165, 1.54) is 11.1 Å². The van der Waals surface area contributed by atoms with Gasteiger partial charge in [0.1, 0.15) is 0 Å². The van der Waals surface area contributed by atoms with Crippen LogP contribution in [0.25, 0.3) is 0 Å². The van der Waals surface area contributed by atoms with Crippen LogP contribution in [0, 0.1) is 11.8 Å². The minimum absolute atomic E-state index is 0.117. The number of aliphatic hydroxyl groups excluding tert-OH is 1. The molecule has 2 rings (SSSR count). The van der Waals surface area contributed by atoms with E-state index in [0.29, 0.717) is 11.8 Å². The lowest BCUT2D eigenvalue weighted by atomic mass is 9.79. The van der Waals surface area contributed by atoms with Crippen molar-refractivity contribution >= 4 is 0 Å². The number of hydrogen-bond donors (Lipinski definition) is 1.